The standard InChI is InChI=1S/C23H25N3O5/c1-23(21(28)24-2,22(29)25-30)26(3)20(27)19-13-11-17(12-14-19)6-5-16-7-9-18(10-8-16)15-31-4/h7-14,30H,15H2,1-4H3,(H,24,28)(H,25,29)/t23-/m0/s1. The average molecular weight is 423 g/mol. The third kappa shape index (κ3) is 5.28. The SMILES string of the molecule is CNC(=O)[C@@](C)(C(=O)NO)N(C)C(=O)c1ccc(C#Cc2ccc(COC)cc2)cc1. The van der Waals surface area contributed by atoms with Gasteiger partial charge in [0, 0.05) is 37.9 Å². The molecule has 2 aromatic rings. The van der Waals surface area contributed by atoms with E-state index >= 15 is 0 Å². The van der Waals surface area contributed by atoms with E-state index in [1.54, 1.807) is 31.4 Å². The van der Waals surface area contributed by atoms with Crippen LogP contribution >= 0.6 is 0 Å². The molecule has 0 radical (unpaired) electrons. The van der Waals surface area contributed by atoms with Crippen LogP contribution in [-0.4, -0.2) is 54.6 Å². The summed E-state index contributed by atoms with van der Waals surface area (Å²) in [6.45, 7) is 1.78. The van der Waals surface area contributed by atoms with Crippen molar-refractivity contribution in [1.29, 1.82) is 0 Å². The van der Waals surface area contributed by atoms with E-state index in [2.05, 4.69) is 17.2 Å². The molecule has 3 N–H and O–H groups in total. The number of methoxy groups -OCH3 is 1. The topological polar surface area (TPSA) is 108 Å². The Morgan fingerprint density at radius 3 is 1.97 bits per heavy atom. The number of nitrogens with zero attached hydrogens (tertiary/aromatic N) is 1. The second-order valence-electron chi connectivity index (χ2n) is 6.91. The summed E-state index contributed by atoms with van der Waals surface area (Å²) >= 11 is 0. The number of nitrogens with one attached hydrogen (secondary N) is 2. The van der Waals surface area contributed by atoms with Crippen LogP contribution in [0.4, 0.5) is 0 Å². The normalized spacial score (nSPS) is 12.0. The van der Waals surface area contributed by atoms with Crippen LogP contribution in [0.25, 0.3) is 0 Å². The maximum absolute atomic E-state index is 12.8. The van der Waals surface area contributed by atoms with Gasteiger partial charge in [-0.3, -0.25) is 19.6 Å². The van der Waals surface area contributed by atoms with Crippen LogP contribution in [0, 0.1) is 11.8 Å². The molecule has 1 atom stereocenters. The lowest BCUT2D eigenvalue weighted by atomic mass is 9.96. The number of amides is 3. The Hall–Kier alpha value is -3.67. The highest BCUT2D eigenvalue weighted by molar-refractivity contribution is 6.12. The van der Waals surface area contributed by atoms with Crippen LogP contribution in [0.1, 0.15) is 34.0 Å². The quantitative estimate of drug-likeness (QED) is 0.281. The van der Waals surface area contributed by atoms with Crippen molar-refractivity contribution >= 4 is 17.7 Å². The molecule has 3 amide bonds. The van der Waals surface area contributed by atoms with Crippen LogP contribution in [-0.2, 0) is 20.9 Å². The monoisotopic (exact) mass is 423 g/mol. The summed E-state index contributed by atoms with van der Waals surface area (Å²) in [6, 6.07) is 14.2. The summed E-state index contributed by atoms with van der Waals surface area (Å²) in [6.07, 6.45) is 0. The molecule has 0 unspecified atom stereocenters. The maximum Gasteiger partial charge on any atom is 0.278 e. The highest BCUT2D eigenvalue weighted by Crippen LogP contribution is 2.18. The van der Waals surface area contributed by atoms with Gasteiger partial charge in [0.1, 0.15) is 0 Å². The van der Waals surface area contributed by atoms with E-state index < -0.39 is 23.3 Å². The van der Waals surface area contributed by atoms with Gasteiger partial charge < -0.3 is 15.0 Å². The van der Waals surface area contributed by atoms with Crippen molar-refractivity contribution in [3.8, 4) is 11.8 Å². The molecule has 0 fully saturated rings. The van der Waals surface area contributed by atoms with E-state index in [1.165, 1.54) is 26.5 Å². The molecule has 0 saturated carbocycles. The summed E-state index contributed by atoms with van der Waals surface area (Å²) in [5.74, 6) is 3.74. The molecule has 0 spiro atoms. The Morgan fingerprint density at radius 2 is 1.52 bits per heavy atom. The van der Waals surface area contributed by atoms with Gasteiger partial charge >= 0.3 is 0 Å². The maximum atomic E-state index is 12.8. The fraction of sp³-hybridized carbons (Fsp3) is 0.261. The highest BCUT2D eigenvalue weighted by Gasteiger charge is 2.47. The predicted molar refractivity (Wildman–Crippen MR) is 114 cm³/mol. The predicted octanol–water partition coefficient (Wildman–Crippen LogP) is 1.31. The number of rotatable bonds is 6. The number of carbonyl (C=O) groups is 3. The van der Waals surface area contributed by atoms with Gasteiger partial charge in [0.05, 0.1) is 6.61 Å². The number of likely N-dealkylation sites (N-methyl/N-ethyl adjacent to an activating group) is 2. The zero-order chi connectivity index (χ0) is 23.0. The molecule has 2 aromatic carbocycles. The zero-order valence-corrected chi connectivity index (χ0v) is 17.9. The van der Waals surface area contributed by atoms with Crippen LogP contribution in [0.5, 0.6) is 0 Å². The number of hydrogen-bond acceptors (Lipinski definition) is 5. The average Bonchev–Trinajstić information content (AvgIpc) is 2.81. The highest BCUT2D eigenvalue weighted by atomic mass is 16.5. The Kier molecular flexibility index (Phi) is 7.91. The van der Waals surface area contributed by atoms with E-state index in [4.69, 9.17) is 9.94 Å². The fourth-order valence-electron chi connectivity index (χ4n) is 2.85. The molecule has 2 rings (SSSR count). The van der Waals surface area contributed by atoms with Crippen molar-refractivity contribution in [2.45, 2.75) is 19.1 Å². The minimum absolute atomic E-state index is 0.262. The number of hydrogen-bond donors (Lipinski definition) is 3. The summed E-state index contributed by atoms with van der Waals surface area (Å²) in [5, 5.41) is 11.3. The van der Waals surface area contributed by atoms with Gasteiger partial charge in [-0.05, 0) is 48.9 Å². The van der Waals surface area contributed by atoms with E-state index in [9.17, 15) is 14.4 Å². The van der Waals surface area contributed by atoms with Gasteiger partial charge in [0.15, 0.2) is 5.54 Å². The van der Waals surface area contributed by atoms with Crippen LogP contribution in [0.3, 0.4) is 0 Å². The Balaban J connectivity index is 2.20. The first kappa shape index (κ1) is 23.6. The third-order valence-corrected chi connectivity index (χ3v) is 4.94. The second-order valence-corrected chi connectivity index (χ2v) is 6.91. The molecule has 0 aliphatic rings. The minimum Gasteiger partial charge on any atom is -0.380 e. The van der Waals surface area contributed by atoms with Gasteiger partial charge in [0.2, 0.25) is 0 Å². The van der Waals surface area contributed by atoms with E-state index in [1.807, 2.05) is 24.3 Å². The molecule has 8 nitrogen and oxygen atoms in total. The van der Waals surface area contributed by atoms with E-state index in [-0.39, 0.29) is 5.56 Å². The number of ether oxygens (including phenoxy) is 1. The van der Waals surface area contributed by atoms with Gasteiger partial charge in [-0.25, -0.2) is 5.48 Å². The van der Waals surface area contributed by atoms with Crippen LogP contribution in [0.15, 0.2) is 48.5 Å². The summed E-state index contributed by atoms with van der Waals surface area (Å²) in [7, 11) is 4.29. The van der Waals surface area contributed by atoms with Gasteiger partial charge in [0.25, 0.3) is 17.7 Å². The molecular formula is C23H25N3O5. The van der Waals surface area contributed by atoms with Crippen LogP contribution < -0.4 is 10.8 Å². The molecule has 0 aliphatic carbocycles. The summed E-state index contributed by atoms with van der Waals surface area (Å²) in [4.78, 5) is 38.2. The first-order valence-electron chi connectivity index (χ1n) is 9.42. The van der Waals surface area contributed by atoms with Crippen molar-refractivity contribution in [3.05, 3.63) is 70.8 Å². The van der Waals surface area contributed by atoms with Crippen LogP contribution in [0.2, 0.25) is 0 Å². The molecule has 0 saturated heterocycles. The van der Waals surface area contributed by atoms with Crippen molar-refractivity contribution in [2.24, 2.45) is 0 Å². The van der Waals surface area contributed by atoms with Gasteiger partial charge in [-0.1, -0.05) is 24.0 Å². The molecule has 0 aromatic heterocycles. The third-order valence-electron chi connectivity index (χ3n) is 4.94. The molecule has 0 aliphatic heterocycles. The largest absolute Gasteiger partial charge is 0.380 e. The van der Waals surface area contributed by atoms with E-state index in [0.29, 0.717) is 12.2 Å². The smallest absolute Gasteiger partial charge is 0.278 e. The fourth-order valence-corrected chi connectivity index (χ4v) is 2.85. The number of benzene rings is 2. The molecule has 8 heteroatoms. The molecule has 0 heterocycles. The Bertz CT molecular complexity index is 988. The van der Waals surface area contributed by atoms with Crippen molar-refractivity contribution in [2.75, 3.05) is 21.2 Å². The lowest BCUT2D eigenvalue weighted by Gasteiger charge is -2.34. The summed E-state index contributed by atoms with van der Waals surface area (Å²) in [5.41, 5.74) is 2.36. The second kappa shape index (κ2) is 10.4. The minimum atomic E-state index is -1.94. The first-order chi connectivity index (χ1) is 14.8. The number of carbonyl (C=O) groups excluding carboxylic acids is 3. The molecule has 31 heavy (non-hydrogen) atoms. The summed E-state index contributed by atoms with van der Waals surface area (Å²) < 4.78 is 5.08. The van der Waals surface area contributed by atoms with Gasteiger partial charge in [-0.2, -0.15) is 0 Å². The van der Waals surface area contributed by atoms with E-state index in [0.717, 1.165) is 16.0 Å². The van der Waals surface area contributed by atoms with Crippen molar-refractivity contribution in [1.82, 2.24) is 15.7 Å². The van der Waals surface area contributed by atoms with Crippen molar-refractivity contribution in [3.63, 3.8) is 0 Å². The molecule has 0 bridgehead atoms. The zero-order valence-electron chi connectivity index (χ0n) is 17.9. The molecule has 162 valence electrons. The lowest BCUT2D eigenvalue weighted by molar-refractivity contribution is -0.148. The first-order valence-corrected chi connectivity index (χ1v) is 9.42. The molecular weight excluding hydrogens is 398 g/mol. The number of hydroxylamine groups is 1. The lowest BCUT2D eigenvalue weighted by Crippen LogP contribution is -2.64. The Labute approximate surface area is 181 Å². The Morgan fingerprint density at radius 1 is 1.00 bits per heavy atom. The van der Waals surface area contributed by atoms with Gasteiger partial charge in [-0.15, -0.1) is 0 Å². The van der Waals surface area contributed by atoms with Crippen molar-refractivity contribution < 1.29 is 24.3 Å².